The third-order valence-electron chi connectivity index (χ3n) is 1.93. The number of hydrogen-bond acceptors (Lipinski definition) is 3. The topological polar surface area (TPSA) is 38.9 Å². The van der Waals surface area contributed by atoms with Crippen molar-refractivity contribution in [3.05, 3.63) is 45.7 Å². The second-order valence-corrected chi connectivity index (χ2v) is 4.64. The number of nitrogens with two attached hydrogens (primary N) is 1. The molecule has 0 amide bonds. The lowest BCUT2D eigenvalue weighted by molar-refractivity contribution is 0.626. The summed E-state index contributed by atoms with van der Waals surface area (Å²) in [4.78, 5) is 4.94. The first kappa shape index (κ1) is 10.4. The quantitative estimate of drug-likeness (QED) is 0.879. The van der Waals surface area contributed by atoms with Gasteiger partial charge in [0, 0.05) is 17.5 Å². The number of halogens is 2. The Bertz CT molecular complexity index is 484. The first-order valence-electron chi connectivity index (χ1n) is 4.29. The molecule has 0 aliphatic heterocycles. The van der Waals surface area contributed by atoms with Crippen LogP contribution in [0.4, 0.5) is 9.52 Å². The summed E-state index contributed by atoms with van der Waals surface area (Å²) in [6.45, 7) is 0. The van der Waals surface area contributed by atoms with E-state index in [9.17, 15) is 4.39 Å². The number of benzene rings is 1. The highest BCUT2D eigenvalue weighted by Crippen LogP contribution is 2.21. The number of nitrogen functional groups attached to an aromatic ring is 1. The van der Waals surface area contributed by atoms with E-state index in [-0.39, 0.29) is 5.02 Å². The molecule has 1 heterocycles. The van der Waals surface area contributed by atoms with E-state index >= 15 is 0 Å². The lowest BCUT2D eigenvalue weighted by Crippen LogP contribution is -1.86. The van der Waals surface area contributed by atoms with Crippen molar-refractivity contribution in [2.75, 3.05) is 5.73 Å². The summed E-state index contributed by atoms with van der Waals surface area (Å²) in [5.41, 5.74) is 6.36. The van der Waals surface area contributed by atoms with Gasteiger partial charge in [-0.15, -0.1) is 11.3 Å². The van der Waals surface area contributed by atoms with Crippen LogP contribution in [0.5, 0.6) is 0 Å². The molecule has 0 aliphatic carbocycles. The molecule has 0 atom stereocenters. The Morgan fingerprint density at radius 1 is 1.47 bits per heavy atom. The van der Waals surface area contributed by atoms with Crippen LogP contribution in [0.2, 0.25) is 5.02 Å². The molecule has 0 aliphatic rings. The van der Waals surface area contributed by atoms with Crippen LogP contribution in [-0.4, -0.2) is 4.98 Å². The minimum Gasteiger partial charge on any atom is -0.375 e. The predicted octanol–water partition coefficient (Wildman–Crippen LogP) is 3.11. The SMILES string of the molecule is Nc1ncc(Cc2ccc(Cl)c(F)c2)s1. The molecule has 2 nitrogen and oxygen atoms in total. The van der Waals surface area contributed by atoms with Gasteiger partial charge in [0.25, 0.3) is 0 Å². The van der Waals surface area contributed by atoms with Crippen molar-refractivity contribution in [1.29, 1.82) is 0 Å². The Balaban J connectivity index is 2.21. The van der Waals surface area contributed by atoms with Crippen molar-refractivity contribution in [3.63, 3.8) is 0 Å². The molecule has 0 unspecified atom stereocenters. The van der Waals surface area contributed by atoms with Crippen molar-refractivity contribution in [3.8, 4) is 0 Å². The summed E-state index contributed by atoms with van der Waals surface area (Å²) in [6.07, 6.45) is 2.33. The van der Waals surface area contributed by atoms with Crippen LogP contribution in [0.15, 0.2) is 24.4 Å². The van der Waals surface area contributed by atoms with E-state index in [4.69, 9.17) is 17.3 Å². The normalized spacial score (nSPS) is 10.5. The van der Waals surface area contributed by atoms with Crippen LogP contribution in [0, 0.1) is 5.82 Å². The monoisotopic (exact) mass is 242 g/mol. The second-order valence-electron chi connectivity index (χ2n) is 3.09. The Hall–Kier alpha value is -1.13. The van der Waals surface area contributed by atoms with Gasteiger partial charge in [-0.1, -0.05) is 17.7 Å². The van der Waals surface area contributed by atoms with E-state index in [2.05, 4.69) is 4.98 Å². The lowest BCUT2D eigenvalue weighted by atomic mass is 10.1. The molecule has 0 bridgehead atoms. The van der Waals surface area contributed by atoms with E-state index in [1.807, 2.05) is 0 Å². The van der Waals surface area contributed by atoms with Gasteiger partial charge in [-0.2, -0.15) is 0 Å². The van der Waals surface area contributed by atoms with Crippen LogP contribution in [-0.2, 0) is 6.42 Å². The summed E-state index contributed by atoms with van der Waals surface area (Å²) >= 11 is 6.99. The van der Waals surface area contributed by atoms with Gasteiger partial charge in [0.05, 0.1) is 5.02 Å². The van der Waals surface area contributed by atoms with E-state index in [0.717, 1.165) is 10.4 Å². The largest absolute Gasteiger partial charge is 0.375 e. The van der Waals surface area contributed by atoms with Gasteiger partial charge in [0.2, 0.25) is 0 Å². The van der Waals surface area contributed by atoms with Gasteiger partial charge in [0.1, 0.15) is 5.82 Å². The fraction of sp³-hybridized carbons (Fsp3) is 0.100. The minimum absolute atomic E-state index is 0.141. The summed E-state index contributed by atoms with van der Waals surface area (Å²) in [7, 11) is 0. The average Bonchev–Trinajstić information content (AvgIpc) is 2.58. The summed E-state index contributed by atoms with van der Waals surface area (Å²) < 4.78 is 13.1. The van der Waals surface area contributed by atoms with Gasteiger partial charge in [-0.25, -0.2) is 9.37 Å². The first-order chi connectivity index (χ1) is 7.15. The van der Waals surface area contributed by atoms with E-state index in [0.29, 0.717) is 11.6 Å². The fourth-order valence-electron chi connectivity index (χ4n) is 1.26. The molecule has 1 aromatic carbocycles. The molecule has 0 fully saturated rings. The van der Waals surface area contributed by atoms with E-state index < -0.39 is 5.82 Å². The van der Waals surface area contributed by atoms with Crippen LogP contribution >= 0.6 is 22.9 Å². The maximum absolute atomic E-state index is 13.1. The Morgan fingerprint density at radius 2 is 2.27 bits per heavy atom. The van der Waals surface area contributed by atoms with Gasteiger partial charge >= 0.3 is 0 Å². The molecular weight excluding hydrogens is 235 g/mol. The number of anilines is 1. The van der Waals surface area contributed by atoms with Gasteiger partial charge in [-0.3, -0.25) is 0 Å². The van der Waals surface area contributed by atoms with E-state index in [1.165, 1.54) is 17.4 Å². The maximum Gasteiger partial charge on any atom is 0.180 e. The Kier molecular flexibility index (Phi) is 2.88. The molecular formula is C10H8ClFN2S. The summed E-state index contributed by atoms with van der Waals surface area (Å²) in [5.74, 6) is -0.397. The van der Waals surface area contributed by atoms with Crippen LogP contribution in [0.1, 0.15) is 10.4 Å². The third-order valence-corrected chi connectivity index (χ3v) is 3.07. The smallest absolute Gasteiger partial charge is 0.180 e. The third kappa shape index (κ3) is 2.46. The maximum atomic E-state index is 13.1. The lowest BCUT2D eigenvalue weighted by Gasteiger charge is -1.99. The first-order valence-corrected chi connectivity index (χ1v) is 5.48. The molecule has 2 N–H and O–H groups in total. The number of hydrogen-bond donors (Lipinski definition) is 1. The highest BCUT2D eigenvalue weighted by Gasteiger charge is 2.04. The highest BCUT2D eigenvalue weighted by atomic mass is 35.5. The number of nitrogens with zero attached hydrogens (tertiary/aromatic N) is 1. The second kappa shape index (κ2) is 4.16. The van der Waals surface area contributed by atoms with Crippen molar-refractivity contribution in [2.45, 2.75) is 6.42 Å². The van der Waals surface area contributed by atoms with Crippen molar-refractivity contribution >= 4 is 28.1 Å². The number of aromatic nitrogens is 1. The Morgan fingerprint density at radius 3 is 2.87 bits per heavy atom. The minimum atomic E-state index is -0.397. The zero-order valence-corrected chi connectivity index (χ0v) is 9.28. The molecule has 0 saturated carbocycles. The molecule has 1 aromatic heterocycles. The standard InChI is InChI=1S/C10H8ClFN2S/c11-8-2-1-6(4-9(8)12)3-7-5-14-10(13)15-7/h1-2,4-5H,3H2,(H2,13,14). The molecule has 15 heavy (non-hydrogen) atoms. The molecule has 2 rings (SSSR count). The van der Waals surface area contributed by atoms with Crippen LogP contribution in [0.25, 0.3) is 0 Å². The summed E-state index contributed by atoms with van der Waals surface area (Å²) in [6, 6.07) is 4.77. The van der Waals surface area contributed by atoms with Crippen LogP contribution < -0.4 is 5.73 Å². The molecule has 0 radical (unpaired) electrons. The summed E-state index contributed by atoms with van der Waals surface area (Å²) in [5, 5.41) is 0.669. The van der Waals surface area contributed by atoms with Gasteiger partial charge < -0.3 is 5.73 Å². The molecule has 5 heteroatoms. The Labute approximate surface area is 95.5 Å². The van der Waals surface area contributed by atoms with Crippen molar-refractivity contribution in [2.24, 2.45) is 0 Å². The molecule has 0 spiro atoms. The molecule has 78 valence electrons. The zero-order chi connectivity index (χ0) is 10.8. The molecule has 0 saturated heterocycles. The van der Waals surface area contributed by atoms with Gasteiger partial charge in [0.15, 0.2) is 5.13 Å². The van der Waals surface area contributed by atoms with Crippen molar-refractivity contribution in [1.82, 2.24) is 4.98 Å². The van der Waals surface area contributed by atoms with Gasteiger partial charge in [-0.05, 0) is 17.7 Å². The molecule has 2 aromatic rings. The van der Waals surface area contributed by atoms with Crippen LogP contribution in [0.3, 0.4) is 0 Å². The highest BCUT2D eigenvalue weighted by molar-refractivity contribution is 7.15. The number of thiazole rings is 1. The number of rotatable bonds is 2. The predicted molar refractivity (Wildman–Crippen MR) is 60.7 cm³/mol. The fourth-order valence-corrected chi connectivity index (χ4v) is 2.09. The zero-order valence-electron chi connectivity index (χ0n) is 7.71. The average molecular weight is 243 g/mol. The van der Waals surface area contributed by atoms with E-state index in [1.54, 1.807) is 18.3 Å². The van der Waals surface area contributed by atoms with Crippen molar-refractivity contribution < 1.29 is 4.39 Å².